The second kappa shape index (κ2) is 3.56. The number of carbonyl (C=O) groups is 2. The molecule has 3 nitrogen and oxygen atoms in total. The number of esters is 1. The SMILES string of the molecule is CC1=C2C3OC(=O)[C@H](C)[C@H]3CC[C@@]2(C)C=CC1=O. The smallest absolute Gasteiger partial charge is 0.309 e. The standard InChI is InChI=1S/C15H18O3/c1-8-10-4-6-15(3)7-5-11(16)9(2)12(15)13(10)18-14(8)17/h5,7-8,10,13H,4,6H2,1-3H3/t8-,10-,13?,15+/m1/s1. The summed E-state index contributed by atoms with van der Waals surface area (Å²) in [6.07, 6.45) is 5.46. The topological polar surface area (TPSA) is 43.4 Å². The van der Waals surface area contributed by atoms with E-state index in [1.807, 2.05) is 19.9 Å². The van der Waals surface area contributed by atoms with E-state index in [1.54, 1.807) is 6.08 Å². The number of allylic oxidation sites excluding steroid dienone is 3. The quantitative estimate of drug-likeness (QED) is 0.616. The highest BCUT2D eigenvalue weighted by Crippen LogP contribution is 2.52. The Bertz CT molecular complexity index is 500. The van der Waals surface area contributed by atoms with Gasteiger partial charge in [-0.15, -0.1) is 0 Å². The maximum Gasteiger partial charge on any atom is 0.309 e. The average Bonchev–Trinajstić information content (AvgIpc) is 2.60. The van der Waals surface area contributed by atoms with E-state index in [1.165, 1.54) is 0 Å². The minimum Gasteiger partial charge on any atom is -0.457 e. The van der Waals surface area contributed by atoms with Crippen molar-refractivity contribution in [3.8, 4) is 0 Å². The molecule has 0 aromatic carbocycles. The van der Waals surface area contributed by atoms with Crippen LogP contribution >= 0.6 is 0 Å². The molecule has 1 unspecified atom stereocenters. The van der Waals surface area contributed by atoms with Crippen LogP contribution in [0.5, 0.6) is 0 Å². The van der Waals surface area contributed by atoms with E-state index < -0.39 is 0 Å². The number of ether oxygens (including phenoxy) is 1. The van der Waals surface area contributed by atoms with E-state index in [-0.39, 0.29) is 35.1 Å². The second-order valence-electron chi connectivity index (χ2n) is 6.00. The van der Waals surface area contributed by atoms with Crippen LogP contribution in [-0.2, 0) is 14.3 Å². The zero-order valence-electron chi connectivity index (χ0n) is 11.0. The minimum absolute atomic E-state index is 0.0409. The normalized spacial score (nSPS) is 42.7. The van der Waals surface area contributed by atoms with Gasteiger partial charge in [0.15, 0.2) is 5.78 Å². The van der Waals surface area contributed by atoms with Crippen molar-refractivity contribution in [2.24, 2.45) is 17.3 Å². The number of ketones is 1. The van der Waals surface area contributed by atoms with Crippen molar-refractivity contribution in [3.05, 3.63) is 23.3 Å². The van der Waals surface area contributed by atoms with Gasteiger partial charge in [0.2, 0.25) is 0 Å². The van der Waals surface area contributed by atoms with Gasteiger partial charge < -0.3 is 4.74 Å². The fourth-order valence-electron chi connectivity index (χ4n) is 3.69. The van der Waals surface area contributed by atoms with Crippen LogP contribution in [-0.4, -0.2) is 17.9 Å². The fraction of sp³-hybridized carbons (Fsp3) is 0.600. The first kappa shape index (κ1) is 11.7. The molecule has 96 valence electrons. The summed E-state index contributed by atoms with van der Waals surface area (Å²) in [6, 6.07) is 0. The summed E-state index contributed by atoms with van der Waals surface area (Å²) in [7, 11) is 0. The molecule has 1 saturated heterocycles. The van der Waals surface area contributed by atoms with Gasteiger partial charge in [0.25, 0.3) is 0 Å². The van der Waals surface area contributed by atoms with E-state index in [4.69, 9.17) is 4.74 Å². The first-order valence-corrected chi connectivity index (χ1v) is 6.59. The zero-order chi connectivity index (χ0) is 13.1. The molecule has 1 aliphatic heterocycles. The molecular weight excluding hydrogens is 228 g/mol. The van der Waals surface area contributed by atoms with Crippen molar-refractivity contribution in [1.29, 1.82) is 0 Å². The van der Waals surface area contributed by atoms with Crippen LogP contribution in [0.4, 0.5) is 0 Å². The third kappa shape index (κ3) is 1.36. The van der Waals surface area contributed by atoms with Crippen molar-refractivity contribution < 1.29 is 14.3 Å². The number of hydrogen-bond acceptors (Lipinski definition) is 3. The van der Waals surface area contributed by atoms with Gasteiger partial charge >= 0.3 is 5.97 Å². The average molecular weight is 246 g/mol. The molecule has 3 rings (SSSR count). The minimum atomic E-state index is -0.180. The van der Waals surface area contributed by atoms with Crippen LogP contribution in [0.25, 0.3) is 0 Å². The molecule has 1 heterocycles. The van der Waals surface area contributed by atoms with Crippen molar-refractivity contribution in [1.82, 2.24) is 0 Å². The van der Waals surface area contributed by atoms with Crippen molar-refractivity contribution in [2.75, 3.05) is 0 Å². The molecule has 0 spiro atoms. The van der Waals surface area contributed by atoms with E-state index in [0.717, 1.165) is 24.0 Å². The zero-order valence-corrected chi connectivity index (χ0v) is 11.0. The monoisotopic (exact) mass is 246 g/mol. The van der Waals surface area contributed by atoms with Crippen LogP contribution in [0.1, 0.15) is 33.6 Å². The third-order valence-electron chi connectivity index (χ3n) is 4.92. The van der Waals surface area contributed by atoms with E-state index in [9.17, 15) is 9.59 Å². The second-order valence-corrected chi connectivity index (χ2v) is 6.00. The lowest BCUT2D eigenvalue weighted by Gasteiger charge is -2.42. The third-order valence-corrected chi connectivity index (χ3v) is 4.92. The Hall–Kier alpha value is -1.38. The summed E-state index contributed by atoms with van der Waals surface area (Å²) >= 11 is 0. The molecule has 0 aromatic rings. The fourth-order valence-corrected chi connectivity index (χ4v) is 3.69. The maximum atomic E-state index is 11.9. The van der Waals surface area contributed by atoms with Gasteiger partial charge in [0.05, 0.1) is 5.92 Å². The van der Waals surface area contributed by atoms with Crippen molar-refractivity contribution in [3.63, 3.8) is 0 Å². The molecular formula is C15H18O3. The molecule has 0 amide bonds. The summed E-state index contributed by atoms with van der Waals surface area (Å²) in [5.74, 6) is 0.144. The predicted octanol–water partition coefficient (Wildman–Crippen LogP) is 2.42. The summed E-state index contributed by atoms with van der Waals surface area (Å²) in [6.45, 7) is 5.94. The highest BCUT2D eigenvalue weighted by atomic mass is 16.6. The lowest BCUT2D eigenvalue weighted by molar-refractivity contribution is -0.143. The number of fused-ring (bicyclic) bond motifs is 3. The van der Waals surface area contributed by atoms with Gasteiger partial charge in [-0.1, -0.05) is 19.9 Å². The van der Waals surface area contributed by atoms with E-state index >= 15 is 0 Å². The van der Waals surface area contributed by atoms with Gasteiger partial charge in [0.1, 0.15) is 6.10 Å². The van der Waals surface area contributed by atoms with Crippen molar-refractivity contribution in [2.45, 2.75) is 39.7 Å². The molecule has 18 heavy (non-hydrogen) atoms. The Morgan fingerprint density at radius 3 is 2.83 bits per heavy atom. The summed E-state index contributed by atoms with van der Waals surface area (Å²) in [5.41, 5.74) is 1.71. The van der Waals surface area contributed by atoms with Crippen LogP contribution in [0.2, 0.25) is 0 Å². The first-order valence-electron chi connectivity index (χ1n) is 6.59. The van der Waals surface area contributed by atoms with Gasteiger partial charge in [0, 0.05) is 16.9 Å². The Balaban J connectivity index is 2.10. The van der Waals surface area contributed by atoms with Crippen LogP contribution in [0.15, 0.2) is 23.3 Å². The van der Waals surface area contributed by atoms with Crippen LogP contribution < -0.4 is 0 Å². The summed E-state index contributed by atoms with van der Waals surface area (Å²) in [4.78, 5) is 23.6. The molecule has 3 aliphatic rings. The van der Waals surface area contributed by atoms with Crippen LogP contribution in [0.3, 0.4) is 0 Å². The largest absolute Gasteiger partial charge is 0.457 e. The van der Waals surface area contributed by atoms with E-state index in [2.05, 4.69) is 6.92 Å². The lowest BCUT2D eigenvalue weighted by Crippen LogP contribution is -2.39. The Labute approximate surface area is 107 Å². The molecule has 3 heteroatoms. The van der Waals surface area contributed by atoms with Gasteiger partial charge in [-0.2, -0.15) is 0 Å². The van der Waals surface area contributed by atoms with Crippen molar-refractivity contribution >= 4 is 11.8 Å². The van der Waals surface area contributed by atoms with Crippen LogP contribution in [0, 0.1) is 17.3 Å². The highest BCUT2D eigenvalue weighted by Gasteiger charge is 2.52. The van der Waals surface area contributed by atoms with Gasteiger partial charge in [-0.25, -0.2) is 0 Å². The lowest BCUT2D eigenvalue weighted by atomic mass is 9.62. The van der Waals surface area contributed by atoms with Gasteiger partial charge in [-0.3, -0.25) is 9.59 Å². The van der Waals surface area contributed by atoms with E-state index in [0.29, 0.717) is 0 Å². The molecule has 0 radical (unpaired) electrons. The highest BCUT2D eigenvalue weighted by molar-refractivity contribution is 6.05. The molecule has 2 fully saturated rings. The number of hydrogen-bond donors (Lipinski definition) is 0. The molecule has 0 bridgehead atoms. The number of carbonyl (C=O) groups excluding carboxylic acids is 2. The van der Waals surface area contributed by atoms with Gasteiger partial charge in [-0.05, 0) is 31.4 Å². The maximum absolute atomic E-state index is 11.9. The predicted molar refractivity (Wildman–Crippen MR) is 66.7 cm³/mol. The molecule has 1 saturated carbocycles. The Kier molecular flexibility index (Phi) is 2.31. The summed E-state index contributed by atoms with van der Waals surface area (Å²) in [5, 5.41) is 0. The molecule has 2 aliphatic carbocycles. The summed E-state index contributed by atoms with van der Waals surface area (Å²) < 4.78 is 5.55. The number of rotatable bonds is 0. The first-order chi connectivity index (χ1) is 8.44. The molecule has 0 N–H and O–H groups in total. The Morgan fingerprint density at radius 1 is 1.39 bits per heavy atom. The Morgan fingerprint density at radius 2 is 2.11 bits per heavy atom. The molecule has 4 atom stereocenters. The molecule has 0 aromatic heterocycles.